The van der Waals surface area contributed by atoms with Crippen molar-refractivity contribution < 1.29 is 38.0 Å². The van der Waals surface area contributed by atoms with Crippen molar-refractivity contribution in [3.63, 3.8) is 0 Å². The molecule has 5 atom stereocenters. The first-order valence-corrected chi connectivity index (χ1v) is 6.57. The summed E-state index contributed by atoms with van der Waals surface area (Å²) < 4.78 is 47.9. The highest BCUT2D eigenvalue weighted by molar-refractivity contribution is 5.17. The van der Waals surface area contributed by atoms with Crippen LogP contribution in [0.4, 0.5) is 13.2 Å². The average Bonchev–Trinajstić information content (AvgIpc) is 2.47. The van der Waals surface area contributed by atoms with E-state index >= 15 is 0 Å². The van der Waals surface area contributed by atoms with Gasteiger partial charge in [-0.25, -0.2) is 4.98 Å². The lowest BCUT2D eigenvalue weighted by Crippen LogP contribution is -2.58. The second-order valence-corrected chi connectivity index (χ2v) is 5.02. The number of nitrogens with zero attached hydrogens (tertiary/aromatic N) is 1. The highest BCUT2D eigenvalue weighted by Gasteiger charge is 2.42. The summed E-state index contributed by atoms with van der Waals surface area (Å²) in [5.41, 5.74) is -1.10. The molecule has 1 aliphatic rings. The van der Waals surface area contributed by atoms with Gasteiger partial charge in [0.05, 0.1) is 6.10 Å². The molecule has 0 spiro atoms. The number of alkyl halides is 3. The molecule has 0 unspecified atom stereocenters. The minimum atomic E-state index is -4.59. The van der Waals surface area contributed by atoms with E-state index in [4.69, 9.17) is 9.47 Å². The predicted molar refractivity (Wildman–Crippen MR) is 67.1 cm³/mol. The van der Waals surface area contributed by atoms with Crippen LogP contribution in [0.5, 0.6) is 5.88 Å². The lowest BCUT2D eigenvalue weighted by molar-refractivity contribution is -0.222. The van der Waals surface area contributed by atoms with Gasteiger partial charge in [-0.3, -0.25) is 0 Å². The molecule has 0 aliphatic carbocycles. The second-order valence-electron chi connectivity index (χ2n) is 5.02. The van der Waals surface area contributed by atoms with Crippen molar-refractivity contribution in [2.75, 3.05) is 6.61 Å². The molecule has 9 heteroatoms. The van der Waals surface area contributed by atoms with Crippen molar-refractivity contribution in [1.82, 2.24) is 4.98 Å². The molecule has 3 N–H and O–H groups in total. The zero-order valence-electron chi connectivity index (χ0n) is 11.6. The van der Waals surface area contributed by atoms with Gasteiger partial charge in [-0.2, -0.15) is 13.2 Å². The Hall–Kier alpha value is -1.42. The van der Waals surface area contributed by atoms with Crippen molar-refractivity contribution in [1.29, 1.82) is 0 Å². The number of pyridine rings is 1. The van der Waals surface area contributed by atoms with Crippen LogP contribution in [0.25, 0.3) is 0 Å². The van der Waals surface area contributed by atoms with Crippen LogP contribution in [0.2, 0.25) is 0 Å². The normalized spacial score (nSPS) is 32.8. The molecule has 0 radical (unpaired) electrons. The van der Waals surface area contributed by atoms with Gasteiger partial charge >= 0.3 is 6.18 Å². The Balaban J connectivity index is 2.01. The molecule has 1 saturated heterocycles. The number of ether oxygens (including phenoxy) is 2. The van der Waals surface area contributed by atoms with E-state index in [1.165, 1.54) is 13.0 Å². The van der Waals surface area contributed by atoms with Gasteiger partial charge in [0.1, 0.15) is 36.7 Å². The number of aliphatic hydroxyl groups excluding tert-OH is 3. The third-order valence-electron chi connectivity index (χ3n) is 3.36. The van der Waals surface area contributed by atoms with Gasteiger partial charge in [-0.05, 0) is 13.0 Å². The van der Waals surface area contributed by atoms with Gasteiger partial charge in [0, 0.05) is 6.07 Å². The molecule has 2 heterocycles. The highest BCUT2D eigenvalue weighted by atomic mass is 19.4. The Morgan fingerprint density at radius 3 is 2.50 bits per heavy atom. The maximum absolute atomic E-state index is 12.5. The fourth-order valence-corrected chi connectivity index (χ4v) is 2.09. The summed E-state index contributed by atoms with van der Waals surface area (Å²) in [7, 11) is 0. The first-order valence-electron chi connectivity index (χ1n) is 6.57. The standard InChI is InChI=1S/C13H16F3NO5/c1-6-10(18)12(20)11(19)7(22-6)5-21-9-4-2-3-8(17-9)13(14,15)16/h2-4,6-7,10-12,18-20H,5H2,1H3/t6-,7-,10+,11+,12+/m1/s1. The maximum Gasteiger partial charge on any atom is 0.433 e. The molecular weight excluding hydrogens is 307 g/mol. The lowest BCUT2D eigenvalue weighted by atomic mass is 9.96. The van der Waals surface area contributed by atoms with E-state index in [9.17, 15) is 28.5 Å². The van der Waals surface area contributed by atoms with Crippen LogP contribution in [0.15, 0.2) is 18.2 Å². The topological polar surface area (TPSA) is 92.0 Å². The van der Waals surface area contributed by atoms with E-state index < -0.39 is 42.4 Å². The Morgan fingerprint density at radius 2 is 1.86 bits per heavy atom. The lowest BCUT2D eigenvalue weighted by Gasteiger charge is -2.39. The highest BCUT2D eigenvalue weighted by Crippen LogP contribution is 2.29. The molecule has 1 fully saturated rings. The van der Waals surface area contributed by atoms with Crippen LogP contribution in [-0.2, 0) is 10.9 Å². The Kier molecular flexibility index (Phi) is 4.90. The molecule has 2 rings (SSSR count). The quantitative estimate of drug-likeness (QED) is 0.743. The smallest absolute Gasteiger partial charge is 0.433 e. The van der Waals surface area contributed by atoms with Gasteiger partial charge in [0.15, 0.2) is 0 Å². The Labute approximate surface area is 124 Å². The van der Waals surface area contributed by atoms with Crippen molar-refractivity contribution in [3.8, 4) is 5.88 Å². The van der Waals surface area contributed by atoms with Crippen LogP contribution in [0, 0.1) is 0 Å². The fourth-order valence-electron chi connectivity index (χ4n) is 2.09. The number of hydrogen-bond donors (Lipinski definition) is 3. The van der Waals surface area contributed by atoms with Crippen LogP contribution in [-0.4, -0.2) is 57.4 Å². The fraction of sp³-hybridized carbons (Fsp3) is 0.615. The summed E-state index contributed by atoms with van der Waals surface area (Å²) in [5, 5.41) is 28.9. The molecule has 1 aromatic heterocycles. The van der Waals surface area contributed by atoms with Crippen molar-refractivity contribution in [2.45, 2.75) is 43.6 Å². The SMILES string of the molecule is C[C@H]1O[C@H](COc2cccc(C(F)(F)F)n2)[C@H](O)[C@@H](O)[C@H]1O. The molecule has 1 aliphatic heterocycles. The van der Waals surface area contributed by atoms with Crippen LogP contribution < -0.4 is 4.74 Å². The maximum atomic E-state index is 12.5. The van der Waals surface area contributed by atoms with Gasteiger partial charge in [0.25, 0.3) is 0 Å². The molecule has 0 bridgehead atoms. The number of aromatic nitrogens is 1. The molecule has 1 aromatic rings. The summed E-state index contributed by atoms with van der Waals surface area (Å²) in [6.45, 7) is 1.18. The number of halogens is 3. The summed E-state index contributed by atoms with van der Waals surface area (Å²) >= 11 is 0. The zero-order valence-corrected chi connectivity index (χ0v) is 11.6. The second kappa shape index (κ2) is 6.37. The van der Waals surface area contributed by atoms with E-state index in [1.54, 1.807) is 0 Å². The number of hydrogen-bond acceptors (Lipinski definition) is 6. The van der Waals surface area contributed by atoms with E-state index in [-0.39, 0.29) is 12.5 Å². The third kappa shape index (κ3) is 3.67. The van der Waals surface area contributed by atoms with Crippen molar-refractivity contribution >= 4 is 0 Å². The van der Waals surface area contributed by atoms with Gasteiger partial charge in [0.2, 0.25) is 5.88 Å². The molecule has 0 aromatic carbocycles. The molecule has 22 heavy (non-hydrogen) atoms. The van der Waals surface area contributed by atoms with Crippen LogP contribution in [0.1, 0.15) is 12.6 Å². The molecule has 6 nitrogen and oxygen atoms in total. The van der Waals surface area contributed by atoms with Crippen LogP contribution in [0.3, 0.4) is 0 Å². The van der Waals surface area contributed by atoms with Gasteiger partial charge in [-0.1, -0.05) is 6.07 Å². The summed E-state index contributed by atoms with van der Waals surface area (Å²) in [6, 6.07) is 3.19. The molecule has 0 saturated carbocycles. The van der Waals surface area contributed by atoms with Crippen LogP contribution >= 0.6 is 0 Å². The largest absolute Gasteiger partial charge is 0.475 e. The molecule has 0 amide bonds. The molecule has 124 valence electrons. The zero-order chi connectivity index (χ0) is 16.5. The number of rotatable bonds is 3. The number of aliphatic hydroxyl groups is 3. The van der Waals surface area contributed by atoms with Gasteiger partial charge < -0.3 is 24.8 Å². The Bertz CT molecular complexity index is 513. The summed E-state index contributed by atoms with van der Waals surface area (Å²) in [4.78, 5) is 3.31. The third-order valence-corrected chi connectivity index (χ3v) is 3.36. The van der Waals surface area contributed by atoms with Crippen molar-refractivity contribution in [2.24, 2.45) is 0 Å². The van der Waals surface area contributed by atoms with E-state index in [0.717, 1.165) is 12.1 Å². The van der Waals surface area contributed by atoms with Crippen molar-refractivity contribution in [3.05, 3.63) is 23.9 Å². The van der Waals surface area contributed by atoms with E-state index in [0.29, 0.717) is 0 Å². The first kappa shape index (κ1) is 16.9. The Morgan fingerprint density at radius 1 is 1.18 bits per heavy atom. The average molecular weight is 323 g/mol. The summed E-state index contributed by atoms with van der Waals surface area (Å²) in [5.74, 6) is -0.279. The van der Waals surface area contributed by atoms with E-state index in [1.807, 2.05) is 0 Å². The van der Waals surface area contributed by atoms with E-state index in [2.05, 4.69) is 4.98 Å². The minimum Gasteiger partial charge on any atom is -0.475 e. The summed E-state index contributed by atoms with van der Waals surface area (Å²) in [6.07, 6.45) is -10.4. The minimum absolute atomic E-state index is 0.279. The predicted octanol–water partition coefficient (Wildman–Crippen LogP) is 0.349. The monoisotopic (exact) mass is 323 g/mol. The molecular formula is C13H16F3NO5. The first-order chi connectivity index (χ1) is 10.2. The van der Waals surface area contributed by atoms with Gasteiger partial charge in [-0.15, -0.1) is 0 Å².